The van der Waals surface area contributed by atoms with Gasteiger partial charge in [0.1, 0.15) is 0 Å². The molecule has 0 aromatic carbocycles. The van der Waals surface area contributed by atoms with Crippen molar-refractivity contribution in [2.24, 2.45) is 0 Å². The van der Waals surface area contributed by atoms with E-state index in [1.165, 1.54) is 0 Å². The van der Waals surface area contributed by atoms with E-state index >= 15 is 0 Å². The van der Waals surface area contributed by atoms with E-state index in [-0.39, 0.29) is 6.61 Å². The van der Waals surface area contributed by atoms with Crippen molar-refractivity contribution in [3.8, 4) is 0 Å². The Balaban J connectivity index is 2.88. The van der Waals surface area contributed by atoms with Gasteiger partial charge in [-0.15, -0.1) is 6.58 Å². The lowest BCUT2D eigenvalue weighted by Gasteiger charge is -2.04. The molecule has 0 fully saturated rings. The molecule has 0 atom stereocenters. The molecule has 0 saturated heterocycles. The second-order valence-corrected chi connectivity index (χ2v) is 3.36. The summed E-state index contributed by atoms with van der Waals surface area (Å²) in [6.45, 7) is 8.62. The second kappa shape index (κ2) is 10.7. The molecule has 0 radical (unpaired) electrons. The molecule has 0 bridgehead atoms. The minimum Gasteiger partial charge on any atom is -0.394 e. The van der Waals surface area contributed by atoms with Crippen LogP contribution in [-0.4, -0.2) is 38.1 Å². The molecule has 0 spiro atoms. The van der Waals surface area contributed by atoms with Crippen molar-refractivity contribution < 1.29 is 14.6 Å². The highest BCUT2D eigenvalue weighted by atomic mass is 16.5. The molecule has 3 heteroatoms. The maximum Gasteiger partial charge on any atom is 0.0697 e. The molecular formula is C11H22O3. The Morgan fingerprint density at radius 1 is 1.07 bits per heavy atom. The molecule has 3 nitrogen and oxygen atoms in total. The summed E-state index contributed by atoms with van der Waals surface area (Å²) >= 11 is 0. The highest BCUT2D eigenvalue weighted by molar-refractivity contribution is 4.86. The Bertz CT molecular complexity index is 134. The van der Waals surface area contributed by atoms with Crippen LogP contribution in [-0.2, 0) is 9.47 Å². The van der Waals surface area contributed by atoms with Gasteiger partial charge in [0.25, 0.3) is 0 Å². The third-order valence-electron chi connectivity index (χ3n) is 1.74. The molecular weight excluding hydrogens is 180 g/mol. The summed E-state index contributed by atoms with van der Waals surface area (Å²) in [5.41, 5.74) is 1.16. The van der Waals surface area contributed by atoms with Gasteiger partial charge < -0.3 is 14.6 Å². The predicted octanol–water partition coefficient (Wildman–Crippen LogP) is 1.76. The topological polar surface area (TPSA) is 38.7 Å². The van der Waals surface area contributed by atoms with Gasteiger partial charge in [-0.2, -0.15) is 0 Å². The van der Waals surface area contributed by atoms with E-state index < -0.39 is 0 Å². The predicted molar refractivity (Wildman–Crippen MR) is 57.4 cm³/mol. The zero-order valence-electron chi connectivity index (χ0n) is 9.13. The van der Waals surface area contributed by atoms with Crippen LogP contribution in [0.4, 0.5) is 0 Å². The number of rotatable bonds is 10. The molecule has 1 N–H and O–H groups in total. The van der Waals surface area contributed by atoms with Crippen molar-refractivity contribution in [3.05, 3.63) is 12.2 Å². The van der Waals surface area contributed by atoms with Crippen LogP contribution in [0.25, 0.3) is 0 Å². The lowest BCUT2D eigenvalue weighted by atomic mass is 10.3. The fraction of sp³-hybridized carbons (Fsp3) is 0.818. The van der Waals surface area contributed by atoms with Gasteiger partial charge >= 0.3 is 0 Å². The number of hydrogen-bond donors (Lipinski definition) is 1. The van der Waals surface area contributed by atoms with E-state index in [9.17, 15) is 0 Å². The SMILES string of the molecule is C=C(C)CCOCCCCOCCO. The van der Waals surface area contributed by atoms with Crippen molar-refractivity contribution in [2.75, 3.05) is 33.0 Å². The Kier molecular flexibility index (Phi) is 10.4. The van der Waals surface area contributed by atoms with Gasteiger partial charge in [-0.25, -0.2) is 0 Å². The standard InChI is InChI=1S/C11H22O3/c1-11(2)5-9-13-7-3-4-8-14-10-6-12/h12H,1,3-10H2,2H3. The molecule has 0 rings (SSSR count). The lowest BCUT2D eigenvalue weighted by Crippen LogP contribution is -2.03. The van der Waals surface area contributed by atoms with E-state index in [2.05, 4.69) is 6.58 Å². The number of aliphatic hydroxyl groups excluding tert-OH is 1. The van der Waals surface area contributed by atoms with E-state index in [0.29, 0.717) is 13.2 Å². The first-order chi connectivity index (χ1) is 6.77. The maximum absolute atomic E-state index is 8.43. The van der Waals surface area contributed by atoms with Gasteiger partial charge in [-0.1, -0.05) is 5.57 Å². The van der Waals surface area contributed by atoms with Crippen molar-refractivity contribution in [1.82, 2.24) is 0 Å². The lowest BCUT2D eigenvalue weighted by molar-refractivity contribution is 0.0798. The van der Waals surface area contributed by atoms with Crippen LogP contribution < -0.4 is 0 Å². The van der Waals surface area contributed by atoms with Gasteiger partial charge in [-0.3, -0.25) is 0 Å². The fourth-order valence-electron chi connectivity index (χ4n) is 0.923. The molecule has 0 aliphatic carbocycles. The number of hydrogen-bond acceptors (Lipinski definition) is 3. The second-order valence-electron chi connectivity index (χ2n) is 3.36. The maximum atomic E-state index is 8.43. The molecule has 0 saturated carbocycles. The summed E-state index contributed by atoms with van der Waals surface area (Å²) in [6, 6.07) is 0. The third-order valence-corrected chi connectivity index (χ3v) is 1.74. The van der Waals surface area contributed by atoms with Gasteiger partial charge in [0.15, 0.2) is 0 Å². The summed E-state index contributed by atoms with van der Waals surface area (Å²) in [5, 5.41) is 8.43. The van der Waals surface area contributed by atoms with Crippen molar-refractivity contribution >= 4 is 0 Å². The fourth-order valence-corrected chi connectivity index (χ4v) is 0.923. The largest absolute Gasteiger partial charge is 0.394 e. The van der Waals surface area contributed by atoms with Crippen LogP contribution in [0.5, 0.6) is 0 Å². The normalized spacial score (nSPS) is 10.4. The minimum absolute atomic E-state index is 0.106. The number of aliphatic hydroxyl groups is 1. The highest BCUT2D eigenvalue weighted by Crippen LogP contribution is 1.97. The zero-order chi connectivity index (χ0) is 10.6. The van der Waals surface area contributed by atoms with Crippen LogP contribution in [0.3, 0.4) is 0 Å². The summed E-state index contributed by atoms with van der Waals surface area (Å²) in [4.78, 5) is 0. The van der Waals surface area contributed by atoms with Crippen molar-refractivity contribution in [2.45, 2.75) is 26.2 Å². The third kappa shape index (κ3) is 11.6. The quantitative estimate of drug-likeness (QED) is 0.433. The molecule has 0 amide bonds. The minimum atomic E-state index is 0.106. The van der Waals surface area contributed by atoms with Crippen molar-refractivity contribution in [1.29, 1.82) is 0 Å². The average molecular weight is 202 g/mol. The van der Waals surface area contributed by atoms with Crippen molar-refractivity contribution in [3.63, 3.8) is 0 Å². The molecule has 0 heterocycles. The summed E-state index contributed by atoms with van der Waals surface area (Å²) in [7, 11) is 0. The van der Waals surface area contributed by atoms with Crippen LogP contribution in [0.2, 0.25) is 0 Å². The zero-order valence-corrected chi connectivity index (χ0v) is 9.13. The van der Waals surface area contributed by atoms with E-state index in [4.69, 9.17) is 14.6 Å². The molecule has 0 unspecified atom stereocenters. The Labute approximate surface area is 86.7 Å². The molecule has 0 aliphatic heterocycles. The summed E-state index contributed by atoms with van der Waals surface area (Å²) in [6.07, 6.45) is 2.95. The molecule has 84 valence electrons. The highest BCUT2D eigenvalue weighted by Gasteiger charge is 1.91. The Morgan fingerprint density at radius 3 is 2.14 bits per heavy atom. The summed E-state index contributed by atoms with van der Waals surface area (Å²) in [5.74, 6) is 0. The first-order valence-electron chi connectivity index (χ1n) is 5.18. The smallest absolute Gasteiger partial charge is 0.0697 e. The first kappa shape index (κ1) is 13.6. The first-order valence-corrected chi connectivity index (χ1v) is 5.18. The van der Waals surface area contributed by atoms with Crippen LogP contribution in [0.15, 0.2) is 12.2 Å². The average Bonchev–Trinajstić information content (AvgIpc) is 2.15. The van der Waals surface area contributed by atoms with Crippen LogP contribution in [0, 0.1) is 0 Å². The van der Waals surface area contributed by atoms with E-state index in [1.54, 1.807) is 0 Å². The number of unbranched alkanes of at least 4 members (excludes halogenated alkanes) is 1. The van der Waals surface area contributed by atoms with Crippen LogP contribution in [0.1, 0.15) is 26.2 Å². The summed E-state index contributed by atoms with van der Waals surface area (Å²) < 4.78 is 10.5. The number of ether oxygens (including phenoxy) is 2. The molecule has 14 heavy (non-hydrogen) atoms. The van der Waals surface area contributed by atoms with Gasteiger partial charge in [0.2, 0.25) is 0 Å². The molecule has 0 aromatic rings. The van der Waals surface area contributed by atoms with Crippen LogP contribution >= 0.6 is 0 Å². The van der Waals surface area contributed by atoms with Gasteiger partial charge in [0.05, 0.1) is 19.8 Å². The molecule has 0 aromatic heterocycles. The van der Waals surface area contributed by atoms with E-state index in [1.807, 2.05) is 6.92 Å². The Hall–Kier alpha value is -0.380. The van der Waals surface area contributed by atoms with Gasteiger partial charge in [0, 0.05) is 13.2 Å². The van der Waals surface area contributed by atoms with E-state index in [0.717, 1.165) is 38.0 Å². The van der Waals surface area contributed by atoms with Gasteiger partial charge in [-0.05, 0) is 26.2 Å². The molecule has 0 aliphatic rings. The monoisotopic (exact) mass is 202 g/mol. The Morgan fingerprint density at radius 2 is 1.64 bits per heavy atom.